The Kier molecular flexibility index (Phi) is 7.10. The van der Waals surface area contributed by atoms with Crippen molar-refractivity contribution in [3.8, 4) is 62.1 Å². The summed E-state index contributed by atoms with van der Waals surface area (Å²) in [6, 6.07) is 63.4. The molecule has 0 amide bonds. The molecule has 0 atom stereocenters. The van der Waals surface area contributed by atoms with Gasteiger partial charge in [-0.2, -0.15) is 0 Å². The van der Waals surface area contributed by atoms with Crippen molar-refractivity contribution in [1.29, 1.82) is 0 Å². The highest BCUT2D eigenvalue weighted by Crippen LogP contribution is 2.36. The summed E-state index contributed by atoms with van der Waals surface area (Å²) in [6.45, 7) is 0. The Morgan fingerprint density at radius 3 is 1.41 bits per heavy atom. The molecule has 0 N–H and O–H groups in total. The van der Waals surface area contributed by atoms with Gasteiger partial charge in [-0.25, -0.2) is 15.0 Å². The highest BCUT2D eigenvalue weighted by molar-refractivity contribution is 6.10. The number of fused-ring (bicyclic) bond motifs is 3. The third kappa shape index (κ3) is 5.35. The van der Waals surface area contributed by atoms with Crippen LogP contribution in [0.3, 0.4) is 0 Å². The van der Waals surface area contributed by atoms with Crippen LogP contribution in [0.2, 0.25) is 0 Å². The SMILES string of the molecule is c1ccc(-c2ccc(-n3c4ccccc4c4cc(-c5nc(-c6ccccc6)nc(-c6cccc(-c7ccccc7)c6)n5)ccc43)cc2)cc1. The Bertz CT molecular complexity index is 2570. The molecule has 0 aliphatic rings. The minimum Gasteiger partial charge on any atom is -0.309 e. The van der Waals surface area contributed by atoms with Crippen molar-refractivity contribution in [2.75, 3.05) is 0 Å². The van der Waals surface area contributed by atoms with Gasteiger partial charge in [0, 0.05) is 33.2 Å². The molecular weight excluding hydrogens is 597 g/mol. The second-order valence-electron chi connectivity index (χ2n) is 12.1. The third-order valence-electron chi connectivity index (χ3n) is 9.06. The molecule has 0 bridgehead atoms. The number of rotatable bonds is 6. The lowest BCUT2D eigenvalue weighted by molar-refractivity contribution is 1.07. The van der Waals surface area contributed by atoms with Gasteiger partial charge < -0.3 is 4.57 Å². The molecule has 0 aliphatic carbocycles. The first-order chi connectivity index (χ1) is 24.3. The monoisotopic (exact) mass is 626 g/mol. The largest absolute Gasteiger partial charge is 0.309 e. The molecule has 0 fully saturated rings. The van der Waals surface area contributed by atoms with Crippen LogP contribution in [0.1, 0.15) is 0 Å². The van der Waals surface area contributed by atoms with Gasteiger partial charge >= 0.3 is 0 Å². The lowest BCUT2D eigenvalue weighted by Crippen LogP contribution is -2.00. The molecule has 0 aliphatic heterocycles. The zero-order valence-corrected chi connectivity index (χ0v) is 26.6. The average molecular weight is 627 g/mol. The fraction of sp³-hybridized carbons (Fsp3) is 0. The number of aromatic nitrogens is 4. The predicted octanol–water partition coefficient (Wildman–Crippen LogP) is 11.3. The Hall–Kier alpha value is -6.65. The summed E-state index contributed by atoms with van der Waals surface area (Å²) in [5, 5.41) is 2.33. The number of hydrogen-bond acceptors (Lipinski definition) is 3. The zero-order valence-electron chi connectivity index (χ0n) is 26.6. The normalized spacial score (nSPS) is 11.3. The van der Waals surface area contributed by atoms with Crippen LogP contribution >= 0.6 is 0 Å². The molecule has 4 nitrogen and oxygen atoms in total. The predicted molar refractivity (Wildman–Crippen MR) is 201 cm³/mol. The first-order valence-corrected chi connectivity index (χ1v) is 16.5. The molecular formula is C45H30N4. The van der Waals surface area contributed by atoms with Gasteiger partial charge in [-0.05, 0) is 64.7 Å². The molecule has 9 aromatic rings. The maximum atomic E-state index is 5.10. The third-order valence-corrected chi connectivity index (χ3v) is 9.06. The van der Waals surface area contributed by atoms with Crippen molar-refractivity contribution in [2.45, 2.75) is 0 Å². The van der Waals surface area contributed by atoms with Crippen LogP contribution in [0.15, 0.2) is 182 Å². The summed E-state index contributed by atoms with van der Waals surface area (Å²) in [6.07, 6.45) is 0. The topological polar surface area (TPSA) is 43.6 Å². The summed E-state index contributed by atoms with van der Waals surface area (Å²) >= 11 is 0. The maximum Gasteiger partial charge on any atom is 0.164 e. The Balaban J connectivity index is 1.19. The molecule has 0 saturated carbocycles. The van der Waals surface area contributed by atoms with Crippen LogP contribution < -0.4 is 0 Å². The van der Waals surface area contributed by atoms with E-state index in [1.807, 2.05) is 42.5 Å². The van der Waals surface area contributed by atoms with Crippen molar-refractivity contribution < 1.29 is 0 Å². The molecule has 230 valence electrons. The lowest BCUT2D eigenvalue weighted by Gasteiger charge is -2.11. The molecule has 9 rings (SSSR count). The van der Waals surface area contributed by atoms with E-state index in [9.17, 15) is 0 Å². The molecule has 0 spiro atoms. The van der Waals surface area contributed by atoms with Gasteiger partial charge in [0.05, 0.1) is 11.0 Å². The summed E-state index contributed by atoms with van der Waals surface area (Å²) in [7, 11) is 0. The van der Waals surface area contributed by atoms with Crippen molar-refractivity contribution in [3.63, 3.8) is 0 Å². The fourth-order valence-electron chi connectivity index (χ4n) is 6.64. The average Bonchev–Trinajstić information content (AvgIpc) is 3.52. The molecule has 2 heterocycles. The minimum atomic E-state index is 0.639. The van der Waals surface area contributed by atoms with Crippen LogP contribution in [0, 0.1) is 0 Å². The molecule has 49 heavy (non-hydrogen) atoms. The van der Waals surface area contributed by atoms with Gasteiger partial charge in [0.25, 0.3) is 0 Å². The van der Waals surface area contributed by atoms with E-state index in [1.54, 1.807) is 0 Å². The number of benzene rings is 7. The number of para-hydroxylation sites is 1. The lowest BCUT2D eigenvalue weighted by atomic mass is 10.0. The van der Waals surface area contributed by atoms with E-state index < -0.39 is 0 Å². The fourth-order valence-corrected chi connectivity index (χ4v) is 6.64. The summed E-state index contributed by atoms with van der Waals surface area (Å²) in [5.41, 5.74) is 10.9. The standard InChI is InChI=1S/C45H30N4/c1-4-13-31(14-5-1)33-23-26-38(27-24-33)49-41-22-11-10-21-39(41)40-30-37(25-28-42(40)49)45-47-43(34-17-8-3-9-18-34)46-44(48-45)36-20-12-19-35(29-36)32-15-6-2-7-16-32/h1-30H. The number of hydrogen-bond donors (Lipinski definition) is 0. The smallest absolute Gasteiger partial charge is 0.164 e. The molecule has 2 aromatic heterocycles. The van der Waals surface area contributed by atoms with Crippen molar-refractivity contribution in [2.24, 2.45) is 0 Å². The van der Waals surface area contributed by atoms with Crippen LogP contribution in [0.5, 0.6) is 0 Å². The van der Waals surface area contributed by atoms with Gasteiger partial charge in [0.15, 0.2) is 17.5 Å². The van der Waals surface area contributed by atoms with E-state index in [0.717, 1.165) is 49.9 Å². The molecule has 4 heteroatoms. The van der Waals surface area contributed by atoms with E-state index >= 15 is 0 Å². The Labute approximate surface area is 284 Å². The number of nitrogens with zero attached hydrogens (tertiary/aromatic N) is 4. The second kappa shape index (κ2) is 12.2. The minimum absolute atomic E-state index is 0.639. The highest BCUT2D eigenvalue weighted by Gasteiger charge is 2.17. The van der Waals surface area contributed by atoms with E-state index in [4.69, 9.17) is 15.0 Å². The zero-order chi connectivity index (χ0) is 32.6. The molecule has 0 radical (unpaired) electrons. The summed E-state index contributed by atoms with van der Waals surface area (Å²) in [4.78, 5) is 15.1. The van der Waals surface area contributed by atoms with E-state index in [1.165, 1.54) is 16.5 Å². The van der Waals surface area contributed by atoms with Gasteiger partial charge in [0.2, 0.25) is 0 Å². The van der Waals surface area contributed by atoms with Crippen molar-refractivity contribution >= 4 is 21.8 Å². The van der Waals surface area contributed by atoms with E-state index in [2.05, 4.69) is 144 Å². The molecule has 7 aromatic carbocycles. The van der Waals surface area contributed by atoms with Gasteiger partial charge in [-0.15, -0.1) is 0 Å². The molecule has 0 unspecified atom stereocenters. The summed E-state index contributed by atoms with van der Waals surface area (Å²) in [5.74, 6) is 1.93. The van der Waals surface area contributed by atoms with Crippen LogP contribution in [0.25, 0.3) is 83.9 Å². The van der Waals surface area contributed by atoms with Crippen molar-refractivity contribution in [3.05, 3.63) is 182 Å². The van der Waals surface area contributed by atoms with Crippen LogP contribution in [-0.4, -0.2) is 19.5 Å². The van der Waals surface area contributed by atoms with Gasteiger partial charge in [0.1, 0.15) is 0 Å². The summed E-state index contributed by atoms with van der Waals surface area (Å²) < 4.78 is 2.34. The van der Waals surface area contributed by atoms with Crippen molar-refractivity contribution in [1.82, 2.24) is 19.5 Å². The van der Waals surface area contributed by atoms with Crippen LogP contribution in [-0.2, 0) is 0 Å². The Morgan fingerprint density at radius 1 is 0.286 bits per heavy atom. The first kappa shape index (κ1) is 28.6. The van der Waals surface area contributed by atoms with Gasteiger partial charge in [-0.1, -0.05) is 140 Å². The Morgan fingerprint density at radius 2 is 0.735 bits per heavy atom. The van der Waals surface area contributed by atoms with Crippen LogP contribution in [0.4, 0.5) is 0 Å². The van der Waals surface area contributed by atoms with E-state index in [-0.39, 0.29) is 0 Å². The van der Waals surface area contributed by atoms with Gasteiger partial charge in [-0.3, -0.25) is 0 Å². The first-order valence-electron chi connectivity index (χ1n) is 16.5. The maximum absolute atomic E-state index is 5.10. The quantitative estimate of drug-likeness (QED) is 0.184. The van der Waals surface area contributed by atoms with E-state index in [0.29, 0.717) is 17.5 Å². The second-order valence-corrected chi connectivity index (χ2v) is 12.1. The molecule has 0 saturated heterocycles. The highest BCUT2D eigenvalue weighted by atomic mass is 15.0.